The molecule has 114 valence electrons. The smallest absolute Gasteiger partial charge is 0.427 e. The van der Waals surface area contributed by atoms with E-state index in [0.29, 0.717) is 27.9 Å². The van der Waals surface area contributed by atoms with E-state index in [1.165, 1.54) is 11.2 Å². The summed E-state index contributed by atoms with van der Waals surface area (Å²) in [4.78, 5) is 15.4. The number of benzene rings is 1. The summed E-state index contributed by atoms with van der Waals surface area (Å²) in [5.41, 5.74) is 1.32. The molecule has 0 saturated heterocycles. The molecule has 0 fully saturated rings. The second-order valence-electron chi connectivity index (χ2n) is 4.77. The Hall–Kier alpha value is -2.18. The van der Waals surface area contributed by atoms with Crippen LogP contribution >= 0.6 is 23.2 Å². The number of aliphatic hydroxyl groups excluding tert-OH is 1. The lowest BCUT2D eigenvalue weighted by molar-refractivity contribution is 0.0290. The molecule has 0 aromatic heterocycles. The van der Waals surface area contributed by atoms with E-state index in [-0.39, 0.29) is 12.4 Å². The Morgan fingerprint density at radius 2 is 2.09 bits per heavy atom. The number of fused-ring (bicyclic) bond motifs is 1. The van der Waals surface area contributed by atoms with E-state index in [1.807, 2.05) is 0 Å². The van der Waals surface area contributed by atoms with Crippen molar-refractivity contribution in [3.63, 3.8) is 0 Å². The Bertz CT molecular complexity index is 743. The maximum atomic E-state index is 11.2. The first-order valence-electron chi connectivity index (χ1n) is 6.38. The molecular formula is C14H11Cl2N3O3. The van der Waals surface area contributed by atoms with Crippen LogP contribution in [0.25, 0.3) is 0 Å². The number of amides is 1. The van der Waals surface area contributed by atoms with Crippen molar-refractivity contribution in [1.29, 1.82) is 0 Å². The maximum absolute atomic E-state index is 11.2. The Balaban J connectivity index is 1.90. The molecular weight excluding hydrogens is 329 g/mol. The van der Waals surface area contributed by atoms with Crippen LogP contribution in [0, 0.1) is 0 Å². The van der Waals surface area contributed by atoms with Gasteiger partial charge in [0.25, 0.3) is 0 Å². The Kier molecular flexibility index (Phi) is 3.72. The third-order valence-electron chi connectivity index (χ3n) is 3.35. The van der Waals surface area contributed by atoms with Gasteiger partial charge in [-0.1, -0.05) is 29.3 Å². The lowest BCUT2D eigenvalue weighted by Gasteiger charge is -2.30. The van der Waals surface area contributed by atoms with Crippen LogP contribution in [-0.4, -0.2) is 39.1 Å². The zero-order valence-electron chi connectivity index (χ0n) is 11.2. The van der Waals surface area contributed by atoms with Crippen molar-refractivity contribution >= 4 is 35.5 Å². The van der Waals surface area contributed by atoms with Gasteiger partial charge in [-0.05, 0) is 23.8 Å². The standard InChI is InChI=1S/C14H11Cl2N3O3/c15-10-2-1-8(6-11(10)16)5-9-7-17-12-3-4-18(14(21)22)19(12)13(9)20/h1-3,6-7,20H,4-5H2,(H,21,22). The molecule has 3 rings (SSSR count). The number of hydrogen-bond acceptors (Lipinski definition) is 4. The molecule has 1 aromatic rings. The van der Waals surface area contributed by atoms with Crippen LogP contribution in [0.15, 0.2) is 46.5 Å². The monoisotopic (exact) mass is 339 g/mol. The summed E-state index contributed by atoms with van der Waals surface area (Å²) >= 11 is 11.8. The van der Waals surface area contributed by atoms with Crippen LogP contribution in [0.4, 0.5) is 4.79 Å². The predicted molar refractivity (Wildman–Crippen MR) is 83.0 cm³/mol. The van der Waals surface area contributed by atoms with E-state index in [1.54, 1.807) is 24.3 Å². The molecule has 2 aliphatic rings. The highest BCUT2D eigenvalue weighted by molar-refractivity contribution is 6.42. The van der Waals surface area contributed by atoms with Gasteiger partial charge in [0.1, 0.15) is 0 Å². The number of aliphatic imine (C=N–C) groups is 1. The summed E-state index contributed by atoms with van der Waals surface area (Å²) in [5.74, 6) is 0.227. The summed E-state index contributed by atoms with van der Waals surface area (Å²) in [5, 5.41) is 22.5. The van der Waals surface area contributed by atoms with Crippen LogP contribution in [0.3, 0.4) is 0 Å². The zero-order valence-corrected chi connectivity index (χ0v) is 12.7. The van der Waals surface area contributed by atoms with E-state index < -0.39 is 6.09 Å². The summed E-state index contributed by atoms with van der Waals surface area (Å²) in [6, 6.07) is 5.15. The molecule has 2 N–H and O–H groups in total. The predicted octanol–water partition coefficient (Wildman–Crippen LogP) is 3.44. The summed E-state index contributed by atoms with van der Waals surface area (Å²) in [6.45, 7) is 0.145. The fourth-order valence-corrected chi connectivity index (χ4v) is 2.61. The first-order chi connectivity index (χ1) is 10.5. The van der Waals surface area contributed by atoms with Gasteiger partial charge in [-0.3, -0.25) is 0 Å². The second-order valence-corrected chi connectivity index (χ2v) is 5.59. The van der Waals surface area contributed by atoms with Gasteiger partial charge in [-0.25, -0.2) is 14.8 Å². The normalized spacial score (nSPS) is 16.9. The fraction of sp³-hybridized carbons (Fsp3) is 0.143. The van der Waals surface area contributed by atoms with Crippen LogP contribution < -0.4 is 0 Å². The van der Waals surface area contributed by atoms with Crippen molar-refractivity contribution in [2.24, 2.45) is 4.99 Å². The SMILES string of the molecule is O=C(O)N1CC=C2N=CC(Cc3ccc(Cl)c(Cl)c3)=C(O)N21. The average molecular weight is 340 g/mol. The van der Waals surface area contributed by atoms with Crippen LogP contribution in [0.1, 0.15) is 5.56 Å². The summed E-state index contributed by atoms with van der Waals surface area (Å²) in [6.07, 6.45) is 2.33. The van der Waals surface area contributed by atoms with Gasteiger partial charge < -0.3 is 10.2 Å². The molecule has 8 heteroatoms. The van der Waals surface area contributed by atoms with E-state index in [0.717, 1.165) is 10.6 Å². The van der Waals surface area contributed by atoms with Crippen LogP contribution in [0.5, 0.6) is 0 Å². The topological polar surface area (TPSA) is 76.4 Å². The molecule has 0 saturated carbocycles. The largest absolute Gasteiger partial charge is 0.493 e. The van der Waals surface area contributed by atoms with Crippen LogP contribution in [-0.2, 0) is 6.42 Å². The number of allylic oxidation sites excluding steroid dienone is 1. The number of hydrogen-bond donors (Lipinski definition) is 2. The quantitative estimate of drug-likeness (QED) is 0.865. The molecule has 6 nitrogen and oxygen atoms in total. The number of carbonyl (C=O) groups is 1. The minimum Gasteiger partial charge on any atom is -0.493 e. The van der Waals surface area contributed by atoms with E-state index in [4.69, 9.17) is 28.3 Å². The van der Waals surface area contributed by atoms with E-state index in [9.17, 15) is 9.90 Å². The number of aliphatic hydroxyl groups is 1. The van der Waals surface area contributed by atoms with E-state index >= 15 is 0 Å². The number of halogens is 2. The molecule has 0 aliphatic carbocycles. The molecule has 2 heterocycles. The van der Waals surface area contributed by atoms with E-state index in [2.05, 4.69) is 4.99 Å². The fourth-order valence-electron chi connectivity index (χ4n) is 2.29. The third kappa shape index (κ3) is 2.51. The van der Waals surface area contributed by atoms with Gasteiger partial charge in [-0.15, -0.1) is 0 Å². The molecule has 0 atom stereocenters. The van der Waals surface area contributed by atoms with Gasteiger partial charge in [0.05, 0.1) is 16.6 Å². The number of nitrogens with zero attached hydrogens (tertiary/aromatic N) is 3. The first kappa shape index (κ1) is 14.7. The lowest BCUT2D eigenvalue weighted by Crippen LogP contribution is -2.42. The van der Waals surface area contributed by atoms with Crippen molar-refractivity contribution in [3.05, 3.63) is 57.2 Å². The minimum atomic E-state index is -1.16. The minimum absolute atomic E-state index is 0.145. The van der Waals surface area contributed by atoms with Crippen molar-refractivity contribution in [2.75, 3.05) is 6.54 Å². The lowest BCUT2D eigenvalue weighted by atomic mass is 10.1. The number of hydrazine groups is 1. The van der Waals surface area contributed by atoms with Crippen molar-refractivity contribution in [3.8, 4) is 0 Å². The van der Waals surface area contributed by atoms with Gasteiger partial charge >= 0.3 is 6.09 Å². The Morgan fingerprint density at radius 1 is 1.32 bits per heavy atom. The summed E-state index contributed by atoms with van der Waals surface area (Å²) in [7, 11) is 0. The molecule has 0 bridgehead atoms. The molecule has 0 spiro atoms. The molecule has 0 radical (unpaired) electrons. The number of rotatable bonds is 2. The highest BCUT2D eigenvalue weighted by atomic mass is 35.5. The van der Waals surface area contributed by atoms with Gasteiger partial charge in [-0.2, -0.15) is 5.01 Å². The van der Waals surface area contributed by atoms with Crippen molar-refractivity contribution < 1.29 is 15.0 Å². The average Bonchev–Trinajstić information content (AvgIpc) is 2.91. The highest BCUT2D eigenvalue weighted by Gasteiger charge is 2.34. The molecule has 2 aliphatic heterocycles. The number of carboxylic acid groups (broad SMARTS) is 1. The van der Waals surface area contributed by atoms with Gasteiger partial charge in [0, 0.05) is 18.2 Å². The molecule has 0 unspecified atom stereocenters. The van der Waals surface area contributed by atoms with Gasteiger partial charge in [0.15, 0.2) is 5.82 Å². The highest BCUT2D eigenvalue weighted by Crippen LogP contribution is 2.29. The molecule has 1 amide bonds. The molecule has 22 heavy (non-hydrogen) atoms. The first-order valence-corrected chi connectivity index (χ1v) is 7.13. The second kappa shape index (κ2) is 5.55. The van der Waals surface area contributed by atoms with Gasteiger partial charge in [0.2, 0.25) is 5.88 Å². The summed E-state index contributed by atoms with van der Waals surface area (Å²) < 4.78 is 0. The Morgan fingerprint density at radius 3 is 2.77 bits per heavy atom. The van der Waals surface area contributed by atoms with Crippen molar-refractivity contribution in [1.82, 2.24) is 10.0 Å². The van der Waals surface area contributed by atoms with Crippen molar-refractivity contribution in [2.45, 2.75) is 6.42 Å². The zero-order chi connectivity index (χ0) is 15.9. The molecule has 1 aromatic carbocycles. The third-order valence-corrected chi connectivity index (χ3v) is 4.08. The van der Waals surface area contributed by atoms with Crippen LogP contribution in [0.2, 0.25) is 10.0 Å². The maximum Gasteiger partial charge on any atom is 0.427 e. The Labute approximate surface area is 136 Å².